The van der Waals surface area contributed by atoms with Crippen molar-refractivity contribution in [3.8, 4) is 0 Å². The van der Waals surface area contributed by atoms with Gasteiger partial charge in [0.1, 0.15) is 0 Å². The van der Waals surface area contributed by atoms with Crippen molar-refractivity contribution in [2.45, 2.75) is 25.7 Å². The van der Waals surface area contributed by atoms with Crippen LogP contribution >= 0.6 is 0 Å². The molecule has 0 saturated heterocycles. The Hall–Kier alpha value is -0.235. The summed E-state index contributed by atoms with van der Waals surface area (Å²) in [5.74, 6) is 0.100. The Morgan fingerprint density at radius 2 is 1.85 bits per heavy atom. The van der Waals surface area contributed by atoms with E-state index >= 15 is 0 Å². The van der Waals surface area contributed by atoms with E-state index in [0.717, 1.165) is 0 Å². The van der Waals surface area contributed by atoms with Crippen LogP contribution < -0.4 is 0 Å². The topological polar surface area (TPSA) is 43.4 Å². The van der Waals surface area contributed by atoms with Gasteiger partial charge >= 0.3 is 23.1 Å². The molecule has 0 aliphatic carbocycles. The van der Waals surface area contributed by atoms with E-state index in [1.54, 1.807) is 13.8 Å². The smallest absolute Gasteiger partial charge is 0.332 e. The Morgan fingerprint density at radius 1 is 1.38 bits per heavy atom. The highest BCUT2D eigenvalue weighted by Crippen LogP contribution is 2.24. The maximum atomic E-state index is 11.6. The quantitative estimate of drug-likeness (QED) is 0.527. The van der Waals surface area contributed by atoms with Gasteiger partial charge in [0.15, 0.2) is 0 Å². The molecular weight excluding hydrogens is 208 g/mol. The summed E-state index contributed by atoms with van der Waals surface area (Å²) >= 11 is 0. The van der Waals surface area contributed by atoms with Gasteiger partial charge in [-0.2, -0.15) is 21.6 Å². The SMILES string of the molecule is CC(C)CBOS(=O)(=O)C(F)(F)F. The van der Waals surface area contributed by atoms with Gasteiger partial charge in [0.2, 0.25) is 0 Å². The molecule has 0 saturated carbocycles. The first-order chi connectivity index (χ1) is 5.67. The fourth-order valence-corrected chi connectivity index (χ4v) is 0.910. The van der Waals surface area contributed by atoms with E-state index in [1.807, 2.05) is 0 Å². The van der Waals surface area contributed by atoms with Crippen LogP contribution in [0.5, 0.6) is 0 Å². The second kappa shape index (κ2) is 4.32. The van der Waals surface area contributed by atoms with Crippen LogP contribution in [-0.2, 0) is 14.2 Å². The normalized spacial score (nSPS) is 13.4. The highest BCUT2D eigenvalue weighted by Gasteiger charge is 2.46. The summed E-state index contributed by atoms with van der Waals surface area (Å²) in [6.45, 7) is 3.51. The van der Waals surface area contributed by atoms with Gasteiger partial charge in [-0.15, -0.1) is 0 Å². The second-order valence-electron chi connectivity index (χ2n) is 2.90. The average Bonchev–Trinajstić information content (AvgIpc) is 1.82. The molecule has 0 heterocycles. The van der Waals surface area contributed by atoms with E-state index in [-0.39, 0.29) is 12.2 Å². The third kappa shape index (κ3) is 4.51. The zero-order valence-corrected chi connectivity index (χ0v) is 8.07. The summed E-state index contributed by atoms with van der Waals surface area (Å²) in [5.41, 5.74) is -5.32. The first kappa shape index (κ1) is 12.8. The Bertz CT molecular complexity index is 246. The minimum atomic E-state index is -5.39. The minimum absolute atomic E-state index is 0.100. The molecule has 0 N–H and O–H groups in total. The fourth-order valence-electron chi connectivity index (χ4n) is 0.460. The first-order valence-corrected chi connectivity index (χ1v) is 5.03. The van der Waals surface area contributed by atoms with Crippen molar-refractivity contribution in [2.24, 2.45) is 5.92 Å². The number of rotatable bonds is 4. The lowest BCUT2D eigenvalue weighted by Crippen LogP contribution is -2.27. The maximum Gasteiger partial charge on any atom is 0.521 e. The van der Waals surface area contributed by atoms with Crippen molar-refractivity contribution in [2.75, 3.05) is 0 Å². The molecule has 0 aromatic carbocycles. The zero-order chi connectivity index (χ0) is 10.7. The van der Waals surface area contributed by atoms with Crippen molar-refractivity contribution < 1.29 is 25.7 Å². The number of alkyl halides is 3. The van der Waals surface area contributed by atoms with E-state index in [0.29, 0.717) is 0 Å². The van der Waals surface area contributed by atoms with Crippen LogP contribution in [0.2, 0.25) is 6.32 Å². The molecule has 3 nitrogen and oxygen atoms in total. The van der Waals surface area contributed by atoms with E-state index in [2.05, 4.69) is 4.10 Å². The molecule has 0 aliphatic rings. The molecule has 0 aliphatic heterocycles. The van der Waals surface area contributed by atoms with E-state index in [4.69, 9.17) is 0 Å². The highest BCUT2D eigenvalue weighted by molar-refractivity contribution is 7.88. The molecule has 78 valence electrons. The van der Waals surface area contributed by atoms with E-state index in [1.165, 1.54) is 0 Å². The molecule has 0 aromatic rings. The Kier molecular flexibility index (Phi) is 4.24. The van der Waals surface area contributed by atoms with Gasteiger partial charge in [-0.05, 0) is 6.32 Å². The molecule has 0 aromatic heterocycles. The lowest BCUT2D eigenvalue weighted by molar-refractivity contribution is -0.0499. The first-order valence-electron chi connectivity index (χ1n) is 3.62. The minimum Gasteiger partial charge on any atom is -0.332 e. The summed E-state index contributed by atoms with van der Waals surface area (Å²) in [5, 5.41) is 0. The monoisotopic (exact) mass is 218 g/mol. The average molecular weight is 218 g/mol. The second-order valence-corrected chi connectivity index (χ2v) is 4.51. The van der Waals surface area contributed by atoms with Crippen molar-refractivity contribution in [3.63, 3.8) is 0 Å². The van der Waals surface area contributed by atoms with E-state index in [9.17, 15) is 21.6 Å². The molecule has 0 rings (SSSR count). The maximum absolute atomic E-state index is 11.6. The summed E-state index contributed by atoms with van der Waals surface area (Å²) < 4.78 is 59.3. The molecule has 0 amide bonds. The number of hydrogen-bond donors (Lipinski definition) is 0. The van der Waals surface area contributed by atoms with Crippen LogP contribution in [0.3, 0.4) is 0 Å². The molecular formula is C5H10BF3O3S. The van der Waals surface area contributed by atoms with Crippen LogP contribution in [0, 0.1) is 5.92 Å². The van der Waals surface area contributed by atoms with Crippen LogP contribution in [0.4, 0.5) is 13.2 Å². The Labute approximate surface area is 75.7 Å². The van der Waals surface area contributed by atoms with Crippen LogP contribution in [0.15, 0.2) is 0 Å². The van der Waals surface area contributed by atoms with Crippen molar-refractivity contribution in [1.82, 2.24) is 0 Å². The van der Waals surface area contributed by atoms with Crippen LogP contribution in [0.1, 0.15) is 13.8 Å². The molecule has 13 heavy (non-hydrogen) atoms. The van der Waals surface area contributed by atoms with Gasteiger partial charge < -0.3 is 4.10 Å². The van der Waals surface area contributed by atoms with Gasteiger partial charge in [-0.25, -0.2) is 0 Å². The summed E-state index contributed by atoms with van der Waals surface area (Å²) in [7, 11) is -5.82. The molecule has 0 fully saturated rings. The van der Waals surface area contributed by atoms with Crippen molar-refractivity contribution >= 4 is 17.6 Å². The highest BCUT2D eigenvalue weighted by atomic mass is 32.2. The molecule has 0 unspecified atom stereocenters. The molecule has 0 spiro atoms. The van der Waals surface area contributed by atoms with Crippen LogP contribution in [-0.4, -0.2) is 21.4 Å². The Balaban J connectivity index is 4.07. The number of hydrogen-bond acceptors (Lipinski definition) is 3. The fraction of sp³-hybridized carbons (Fsp3) is 1.00. The van der Waals surface area contributed by atoms with Gasteiger partial charge in [-0.1, -0.05) is 19.8 Å². The molecule has 8 heteroatoms. The van der Waals surface area contributed by atoms with Gasteiger partial charge in [0, 0.05) is 0 Å². The third-order valence-corrected chi connectivity index (χ3v) is 2.26. The predicted octanol–water partition coefficient (Wildman–Crippen LogP) is 1.28. The lowest BCUT2D eigenvalue weighted by Gasteiger charge is -2.08. The molecule has 0 radical (unpaired) electrons. The standard InChI is InChI=1S/C5H10BF3O3S/c1-4(2)3-6-12-13(10,11)5(7,8)9/h4,6H,3H2,1-2H3. The Morgan fingerprint density at radius 3 is 2.15 bits per heavy atom. The van der Waals surface area contributed by atoms with Crippen molar-refractivity contribution in [3.05, 3.63) is 0 Å². The summed E-state index contributed by atoms with van der Waals surface area (Å²) in [6.07, 6.45) is 0.273. The molecule has 0 bridgehead atoms. The summed E-state index contributed by atoms with van der Waals surface area (Å²) in [6, 6.07) is 0. The molecule has 0 atom stereocenters. The third-order valence-electron chi connectivity index (χ3n) is 1.22. The lowest BCUT2D eigenvalue weighted by atomic mass is 9.88. The van der Waals surface area contributed by atoms with E-state index < -0.39 is 23.1 Å². The summed E-state index contributed by atoms with van der Waals surface area (Å²) in [4.78, 5) is 0. The largest absolute Gasteiger partial charge is 0.521 e. The van der Waals surface area contributed by atoms with Gasteiger partial charge in [-0.3, -0.25) is 0 Å². The van der Waals surface area contributed by atoms with Crippen molar-refractivity contribution in [1.29, 1.82) is 0 Å². The number of halogens is 3. The zero-order valence-electron chi connectivity index (χ0n) is 7.26. The van der Waals surface area contributed by atoms with Gasteiger partial charge in [0.25, 0.3) is 0 Å². The van der Waals surface area contributed by atoms with Crippen LogP contribution in [0.25, 0.3) is 0 Å². The predicted molar refractivity (Wildman–Crippen MR) is 42.9 cm³/mol. The van der Waals surface area contributed by atoms with Gasteiger partial charge in [0.05, 0.1) is 0 Å².